The van der Waals surface area contributed by atoms with Gasteiger partial charge in [-0.25, -0.2) is 4.39 Å². The van der Waals surface area contributed by atoms with Gasteiger partial charge in [-0.05, 0) is 48.4 Å². The predicted octanol–water partition coefficient (Wildman–Crippen LogP) is 4.32. The van der Waals surface area contributed by atoms with E-state index in [0.717, 1.165) is 0 Å². The smallest absolute Gasteiger partial charge is 0.255 e. The number of benzene rings is 3. The van der Waals surface area contributed by atoms with E-state index in [9.17, 15) is 14.0 Å². The second-order valence-electron chi connectivity index (χ2n) is 6.13. The van der Waals surface area contributed by atoms with Gasteiger partial charge in [-0.15, -0.1) is 0 Å². The molecule has 136 valence electrons. The molecule has 3 rings (SSSR count). The van der Waals surface area contributed by atoms with Gasteiger partial charge in [0.05, 0.1) is 11.3 Å². The van der Waals surface area contributed by atoms with Crippen molar-refractivity contribution in [1.29, 1.82) is 0 Å². The van der Waals surface area contributed by atoms with E-state index in [1.165, 1.54) is 6.07 Å². The Morgan fingerprint density at radius 3 is 2.33 bits per heavy atom. The molecule has 4 nitrogen and oxygen atoms in total. The largest absolute Gasteiger partial charge is 0.348 e. The first-order valence-electron chi connectivity index (χ1n) is 8.53. The number of carbonyl (C=O) groups is 2. The molecule has 0 saturated carbocycles. The second kappa shape index (κ2) is 8.27. The lowest BCUT2D eigenvalue weighted by Gasteiger charge is -2.12. The number of rotatable bonds is 5. The molecule has 0 heterocycles. The summed E-state index contributed by atoms with van der Waals surface area (Å²) in [5.41, 5.74) is 2.48. The SMILES string of the molecule is Cc1ccc(CNC(=O)c2ccccc2NC(=O)c2ccccc2)cc1F. The van der Waals surface area contributed by atoms with Crippen LogP contribution in [-0.2, 0) is 6.54 Å². The first kappa shape index (κ1) is 18.3. The summed E-state index contributed by atoms with van der Waals surface area (Å²) in [5.74, 6) is -0.950. The van der Waals surface area contributed by atoms with Gasteiger partial charge >= 0.3 is 0 Å². The monoisotopic (exact) mass is 362 g/mol. The number of hydrogen-bond acceptors (Lipinski definition) is 2. The van der Waals surface area contributed by atoms with Crippen molar-refractivity contribution in [3.63, 3.8) is 0 Å². The normalized spacial score (nSPS) is 10.3. The van der Waals surface area contributed by atoms with Gasteiger partial charge in [0.25, 0.3) is 11.8 Å². The topological polar surface area (TPSA) is 58.2 Å². The summed E-state index contributed by atoms with van der Waals surface area (Å²) in [4.78, 5) is 24.9. The fourth-order valence-electron chi connectivity index (χ4n) is 2.60. The number of halogens is 1. The fraction of sp³-hybridized carbons (Fsp3) is 0.0909. The van der Waals surface area contributed by atoms with Gasteiger partial charge in [-0.2, -0.15) is 0 Å². The van der Waals surface area contributed by atoms with Crippen LogP contribution < -0.4 is 10.6 Å². The molecule has 0 bridgehead atoms. The molecule has 0 aliphatic rings. The highest BCUT2D eigenvalue weighted by molar-refractivity contribution is 6.08. The van der Waals surface area contributed by atoms with Crippen LogP contribution in [-0.4, -0.2) is 11.8 Å². The lowest BCUT2D eigenvalue weighted by molar-refractivity contribution is 0.0951. The number of aryl methyl sites for hydroxylation is 1. The molecule has 0 aromatic heterocycles. The quantitative estimate of drug-likeness (QED) is 0.710. The van der Waals surface area contributed by atoms with Gasteiger partial charge in [-0.1, -0.05) is 42.5 Å². The van der Waals surface area contributed by atoms with Gasteiger partial charge in [0.2, 0.25) is 0 Å². The van der Waals surface area contributed by atoms with Gasteiger partial charge in [-0.3, -0.25) is 9.59 Å². The lowest BCUT2D eigenvalue weighted by atomic mass is 10.1. The van der Waals surface area contributed by atoms with Crippen molar-refractivity contribution in [3.8, 4) is 0 Å². The zero-order valence-electron chi connectivity index (χ0n) is 14.8. The number of hydrogen-bond donors (Lipinski definition) is 2. The molecule has 0 atom stereocenters. The first-order valence-corrected chi connectivity index (χ1v) is 8.53. The molecule has 0 radical (unpaired) electrons. The van der Waals surface area contributed by atoms with Crippen LogP contribution in [0.5, 0.6) is 0 Å². The zero-order valence-corrected chi connectivity index (χ0v) is 14.8. The average molecular weight is 362 g/mol. The molecule has 0 spiro atoms. The van der Waals surface area contributed by atoms with Crippen LogP contribution in [0.1, 0.15) is 31.8 Å². The highest BCUT2D eigenvalue weighted by atomic mass is 19.1. The van der Waals surface area contributed by atoms with Crippen LogP contribution in [0.2, 0.25) is 0 Å². The van der Waals surface area contributed by atoms with Gasteiger partial charge in [0.15, 0.2) is 0 Å². The third-order valence-corrected chi connectivity index (χ3v) is 4.15. The highest BCUT2D eigenvalue weighted by Gasteiger charge is 2.14. The van der Waals surface area contributed by atoms with Crippen molar-refractivity contribution in [2.75, 3.05) is 5.32 Å². The number of carbonyl (C=O) groups excluding carboxylic acids is 2. The Bertz CT molecular complexity index is 971. The van der Waals surface area contributed by atoms with Crippen molar-refractivity contribution >= 4 is 17.5 Å². The van der Waals surface area contributed by atoms with Crippen molar-refractivity contribution in [2.24, 2.45) is 0 Å². The van der Waals surface area contributed by atoms with Crippen LogP contribution in [0.3, 0.4) is 0 Å². The second-order valence-corrected chi connectivity index (χ2v) is 6.13. The van der Waals surface area contributed by atoms with E-state index in [0.29, 0.717) is 27.9 Å². The van der Waals surface area contributed by atoms with E-state index in [-0.39, 0.29) is 24.2 Å². The molecule has 5 heteroatoms. The van der Waals surface area contributed by atoms with Crippen LogP contribution in [0.25, 0.3) is 0 Å². The van der Waals surface area contributed by atoms with Crippen molar-refractivity contribution < 1.29 is 14.0 Å². The van der Waals surface area contributed by atoms with Gasteiger partial charge in [0.1, 0.15) is 5.82 Å². The number of amides is 2. The Labute approximate surface area is 157 Å². The number of nitrogens with one attached hydrogen (secondary N) is 2. The van der Waals surface area contributed by atoms with Crippen LogP contribution in [0.15, 0.2) is 72.8 Å². The molecule has 2 N–H and O–H groups in total. The Morgan fingerprint density at radius 1 is 0.889 bits per heavy atom. The maximum Gasteiger partial charge on any atom is 0.255 e. The van der Waals surface area contributed by atoms with E-state index in [1.807, 2.05) is 6.07 Å². The standard InChI is InChI=1S/C22H19FN2O2/c1-15-11-12-16(13-19(15)23)14-24-22(27)18-9-5-6-10-20(18)25-21(26)17-7-3-2-4-8-17/h2-13H,14H2,1H3,(H,24,27)(H,25,26). The maximum absolute atomic E-state index is 13.6. The fourth-order valence-corrected chi connectivity index (χ4v) is 2.60. The van der Waals surface area contributed by atoms with Crippen LogP contribution >= 0.6 is 0 Å². The van der Waals surface area contributed by atoms with Crippen molar-refractivity contribution in [2.45, 2.75) is 13.5 Å². The first-order chi connectivity index (χ1) is 13.0. The van der Waals surface area contributed by atoms with Crippen molar-refractivity contribution in [3.05, 3.63) is 101 Å². The molecule has 0 aliphatic heterocycles. The van der Waals surface area contributed by atoms with Gasteiger partial charge < -0.3 is 10.6 Å². The molecule has 3 aromatic rings. The zero-order chi connectivity index (χ0) is 19.2. The molecular weight excluding hydrogens is 343 g/mol. The molecule has 3 aromatic carbocycles. The molecule has 0 fully saturated rings. The summed E-state index contributed by atoms with van der Waals surface area (Å²) in [7, 11) is 0. The summed E-state index contributed by atoms with van der Waals surface area (Å²) in [5, 5.41) is 5.52. The van der Waals surface area contributed by atoms with Crippen molar-refractivity contribution in [1.82, 2.24) is 5.32 Å². The minimum Gasteiger partial charge on any atom is -0.348 e. The van der Waals surface area contributed by atoms with E-state index in [1.54, 1.807) is 67.6 Å². The predicted molar refractivity (Wildman–Crippen MR) is 103 cm³/mol. The minimum absolute atomic E-state index is 0.191. The third kappa shape index (κ3) is 4.58. The summed E-state index contributed by atoms with van der Waals surface area (Å²) >= 11 is 0. The molecule has 0 saturated heterocycles. The minimum atomic E-state index is -0.347. The summed E-state index contributed by atoms with van der Waals surface area (Å²) in [6, 6.07) is 20.4. The Balaban J connectivity index is 1.71. The summed E-state index contributed by atoms with van der Waals surface area (Å²) < 4.78 is 13.6. The number of anilines is 1. The number of para-hydroxylation sites is 1. The molecule has 2 amide bonds. The maximum atomic E-state index is 13.6. The molecule has 0 aliphatic carbocycles. The molecular formula is C22H19FN2O2. The van der Waals surface area contributed by atoms with E-state index >= 15 is 0 Å². The van der Waals surface area contributed by atoms with Crippen LogP contribution in [0, 0.1) is 12.7 Å². The van der Waals surface area contributed by atoms with Crippen LogP contribution in [0.4, 0.5) is 10.1 Å². The summed E-state index contributed by atoms with van der Waals surface area (Å²) in [6.45, 7) is 1.88. The lowest BCUT2D eigenvalue weighted by Crippen LogP contribution is -2.25. The Kier molecular flexibility index (Phi) is 5.61. The molecule has 27 heavy (non-hydrogen) atoms. The third-order valence-electron chi connectivity index (χ3n) is 4.15. The summed E-state index contributed by atoms with van der Waals surface area (Å²) in [6.07, 6.45) is 0. The molecule has 0 unspecified atom stereocenters. The highest BCUT2D eigenvalue weighted by Crippen LogP contribution is 2.17. The van der Waals surface area contributed by atoms with E-state index < -0.39 is 0 Å². The average Bonchev–Trinajstić information content (AvgIpc) is 2.69. The van der Waals surface area contributed by atoms with Gasteiger partial charge in [0, 0.05) is 12.1 Å². The van der Waals surface area contributed by atoms with E-state index in [2.05, 4.69) is 10.6 Å². The van der Waals surface area contributed by atoms with E-state index in [4.69, 9.17) is 0 Å². The Morgan fingerprint density at radius 2 is 1.59 bits per heavy atom. The Hall–Kier alpha value is -3.47.